The SMILES string of the molecule is COCC1CCCN(C(=O)c2cc3ccccc3[nH]2)C1. The second-order valence-electron chi connectivity index (χ2n) is 5.49. The number of likely N-dealkylation sites (tertiary alicyclic amines) is 1. The lowest BCUT2D eigenvalue weighted by molar-refractivity contribution is 0.0566. The Morgan fingerprint density at radius 2 is 2.30 bits per heavy atom. The van der Waals surface area contributed by atoms with Crippen molar-refractivity contribution in [2.45, 2.75) is 12.8 Å². The van der Waals surface area contributed by atoms with Gasteiger partial charge in [-0.1, -0.05) is 18.2 Å². The monoisotopic (exact) mass is 272 g/mol. The van der Waals surface area contributed by atoms with Gasteiger partial charge in [-0.2, -0.15) is 0 Å². The molecule has 4 nitrogen and oxygen atoms in total. The van der Waals surface area contributed by atoms with E-state index in [0.717, 1.165) is 43.4 Å². The molecular formula is C16H20N2O2. The second-order valence-corrected chi connectivity index (χ2v) is 5.49. The van der Waals surface area contributed by atoms with Gasteiger partial charge in [0.15, 0.2) is 0 Å². The van der Waals surface area contributed by atoms with Gasteiger partial charge < -0.3 is 14.6 Å². The molecule has 1 aliphatic rings. The Morgan fingerprint density at radius 1 is 1.45 bits per heavy atom. The number of amides is 1. The first-order chi connectivity index (χ1) is 9.78. The quantitative estimate of drug-likeness (QED) is 0.933. The minimum absolute atomic E-state index is 0.0991. The molecule has 1 aromatic heterocycles. The predicted molar refractivity (Wildman–Crippen MR) is 78.8 cm³/mol. The van der Waals surface area contributed by atoms with Crippen LogP contribution in [0.2, 0.25) is 0 Å². The van der Waals surface area contributed by atoms with Crippen LogP contribution in [0.4, 0.5) is 0 Å². The van der Waals surface area contributed by atoms with E-state index in [1.807, 2.05) is 35.2 Å². The van der Waals surface area contributed by atoms with Gasteiger partial charge in [-0.25, -0.2) is 0 Å². The van der Waals surface area contributed by atoms with Crippen LogP contribution in [-0.2, 0) is 4.74 Å². The zero-order valence-corrected chi connectivity index (χ0v) is 11.8. The highest BCUT2D eigenvalue weighted by Gasteiger charge is 2.25. The van der Waals surface area contributed by atoms with E-state index in [9.17, 15) is 4.79 Å². The summed E-state index contributed by atoms with van der Waals surface area (Å²) in [5, 5.41) is 1.08. The number of rotatable bonds is 3. The topological polar surface area (TPSA) is 45.3 Å². The van der Waals surface area contributed by atoms with E-state index >= 15 is 0 Å². The van der Waals surface area contributed by atoms with Crippen LogP contribution in [0.25, 0.3) is 10.9 Å². The van der Waals surface area contributed by atoms with Crippen LogP contribution < -0.4 is 0 Å². The van der Waals surface area contributed by atoms with Gasteiger partial charge in [-0.05, 0) is 30.9 Å². The van der Waals surface area contributed by atoms with Gasteiger partial charge in [-0.3, -0.25) is 4.79 Å². The van der Waals surface area contributed by atoms with Crippen LogP contribution >= 0.6 is 0 Å². The molecule has 4 heteroatoms. The van der Waals surface area contributed by atoms with Crippen LogP contribution in [0.3, 0.4) is 0 Å². The number of nitrogens with one attached hydrogen (secondary N) is 1. The fourth-order valence-corrected chi connectivity index (χ4v) is 2.98. The average Bonchev–Trinajstić information content (AvgIpc) is 2.91. The summed E-state index contributed by atoms with van der Waals surface area (Å²) in [4.78, 5) is 17.7. The zero-order chi connectivity index (χ0) is 13.9. The first-order valence-corrected chi connectivity index (χ1v) is 7.14. The number of hydrogen-bond donors (Lipinski definition) is 1. The van der Waals surface area contributed by atoms with Crippen LogP contribution in [0, 0.1) is 5.92 Å². The molecule has 1 fully saturated rings. The van der Waals surface area contributed by atoms with Crippen molar-refractivity contribution in [3.05, 3.63) is 36.0 Å². The van der Waals surface area contributed by atoms with Crippen LogP contribution in [-0.4, -0.2) is 42.6 Å². The fraction of sp³-hybridized carbons (Fsp3) is 0.438. The number of methoxy groups -OCH3 is 1. The number of para-hydroxylation sites is 1. The minimum Gasteiger partial charge on any atom is -0.384 e. The van der Waals surface area contributed by atoms with Crippen molar-refractivity contribution in [3.8, 4) is 0 Å². The van der Waals surface area contributed by atoms with Crippen molar-refractivity contribution in [1.82, 2.24) is 9.88 Å². The van der Waals surface area contributed by atoms with Gasteiger partial charge in [0.2, 0.25) is 0 Å². The fourth-order valence-electron chi connectivity index (χ4n) is 2.98. The third-order valence-corrected chi connectivity index (χ3v) is 3.97. The lowest BCUT2D eigenvalue weighted by Crippen LogP contribution is -2.41. The highest BCUT2D eigenvalue weighted by Crippen LogP contribution is 2.21. The third kappa shape index (κ3) is 2.56. The Morgan fingerprint density at radius 3 is 3.10 bits per heavy atom. The van der Waals surface area contributed by atoms with Crippen molar-refractivity contribution in [2.75, 3.05) is 26.8 Å². The summed E-state index contributed by atoms with van der Waals surface area (Å²) in [6.07, 6.45) is 2.20. The molecule has 0 saturated carbocycles. The molecule has 0 bridgehead atoms. The summed E-state index contributed by atoms with van der Waals surface area (Å²) >= 11 is 0. The molecule has 0 radical (unpaired) electrons. The van der Waals surface area contributed by atoms with Crippen molar-refractivity contribution in [1.29, 1.82) is 0 Å². The number of fused-ring (bicyclic) bond motifs is 1. The van der Waals surface area contributed by atoms with Crippen molar-refractivity contribution in [2.24, 2.45) is 5.92 Å². The van der Waals surface area contributed by atoms with Crippen molar-refractivity contribution < 1.29 is 9.53 Å². The third-order valence-electron chi connectivity index (χ3n) is 3.97. The molecule has 1 atom stereocenters. The highest BCUT2D eigenvalue weighted by molar-refractivity contribution is 5.98. The Bertz CT molecular complexity index is 570. The molecule has 1 saturated heterocycles. The number of hydrogen-bond acceptors (Lipinski definition) is 2. The number of piperidine rings is 1. The normalized spacial score (nSPS) is 19.4. The largest absolute Gasteiger partial charge is 0.384 e. The number of aromatic amines is 1. The maximum atomic E-state index is 12.6. The zero-order valence-electron chi connectivity index (χ0n) is 11.8. The van der Waals surface area contributed by atoms with E-state index in [1.165, 1.54) is 0 Å². The summed E-state index contributed by atoms with van der Waals surface area (Å²) in [6, 6.07) is 9.92. The summed E-state index contributed by atoms with van der Waals surface area (Å²) in [7, 11) is 1.72. The number of carbonyl (C=O) groups is 1. The van der Waals surface area contributed by atoms with Gasteiger partial charge >= 0.3 is 0 Å². The van der Waals surface area contributed by atoms with E-state index in [0.29, 0.717) is 11.6 Å². The Hall–Kier alpha value is -1.81. The molecule has 1 amide bonds. The molecule has 2 heterocycles. The smallest absolute Gasteiger partial charge is 0.270 e. The van der Waals surface area contributed by atoms with Gasteiger partial charge in [0.05, 0.1) is 6.61 Å². The highest BCUT2D eigenvalue weighted by atomic mass is 16.5. The lowest BCUT2D eigenvalue weighted by atomic mass is 9.99. The van der Waals surface area contributed by atoms with E-state index in [1.54, 1.807) is 7.11 Å². The molecule has 0 aliphatic carbocycles. The lowest BCUT2D eigenvalue weighted by Gasteiger charge is -2.32. The van der Waals surface area contributed by atoms with Crippen LogP contribution in [0.5, 0.6) is 0 Å². The van der Waals surface area contributed by atoms with Crippen LogP contribution in [0.15, 0.2) is 30.3 Å². The van der Waals surface area contributed by atoms with E-state index in [-0.39, 0.29) is 5.91 Å². The Labute approximate surface area is 118 Å². The first kappa shape index (κ1) is 13.2. The van der Waals surface area contributed by atoms with Gasteiger partial charge in [0.25, 0.3) is 5.91 Å². The first-order valence-electron chi connectivity index (χ1n) is 7.14. The Kier molecular flexibility index (Phi) is 3.74. The molecule has 1 unspecified atom stereocenters. The van der Waals surface area contributed by atoms with Gasteiger partial charge in [0.1, 0.15) is 5.69 Å². The Balaban J connectivity index is 1.77. The number of benzene rings is 1. The molecule has 3 rings (SSSR count). The molecule has 20 heavy (non-hydrogen) atoms. The number of ether oxygens (including phenoxy) is 1. The van der Waals surface area contributed by atoms with Gasteiger partial charge in [-0.15, -0.1) is 0 Å². The van der Waals surface area contributed by atoms with E-state index < -0.39 is 0 Å². The van der Waals surface area contributed by atoms with Crippen molar-refractivity contribution >= 4 is 16.8 Å². The number of carbonyl (C=O) groups excluding carboxylic acids is 1. The minimum atomic E-state index is 0.0991. The summed E-state index contributed by atoms with van der Waals surface area (Å²) in [5.41, 5.74) is 1.70. The van der Waals surface area contributed by atoms with E-state index in [4.69, 9.17) is 4.74 Å². The number of H-pyrrole nitrogens is 1. The maximum Gasteiger partial charge on any atom is 0.270 e. The second kappa shape index (κ2) is 5.67. The molecule has 2 aromatic rings. The van der Waals surface area contributed by atoms with Crippen molar-refractivity contribution in [3.63, 3.8) is 0 Å². The molecular weight excluding hydrogens is 252 g/mol. The maximum absolute atomic E-state index is 12.6. The summed E-state index contributed by atoms with van der Waals surface area (Å²) in [5.74, 6) is 0.559. The number of nitrogens with zero attached hydrogens (tertiary/aromatic N) is 1. The molecule has 0 spiro atoms. The van der Waals surface area contributed by atoms with Gasteiger partial charge in [0, 0.05) is 31.1 Å². The standard InChI is InChI=1S/C16H20N2O2/c1-20-11-12-5-4-8-18(10-12)16(19)15-9-13-6-2-3-7-14(13)17-15/h2-3,6-7,9,12,17H,4-5,8,10-11H2,1H3. The molecule has 106 valence electrons. The van der Waals surface area contributed by atoms with E-state index in [2.05, 4.69) is 4.98 Å². The van der Waals surface area contributed by atoms with Crippen LogP contribution in [0.1, 0.15) is 23.3 Å². The summed E-state index contributed by atoms with van der Waals surface area (Å²) in [6.45, 7) is 2.37. The molecule has 1 aliphatic heterocycles. The molecule has 1 aromatic carbocycles. The number of aromatic nitrogens is 1. The molecule has 1 N–H and O–H groups in total. The average molecular weight is 272 g/mol. The predicted octanol–water partition coefficient (Wildman–Crippen LogP) is 2.67. The summed E-state index contributed by atoms with van der Waals surface area (Å²) < 4.78 is 5.22.